The molecule has 2 aliphatic rings. The lowest BCUT2D eigenvalue weighted by Gasteiger charge is -2.29. The molecule has 2 N–H and O–H groups in total. The number of likely N-dealkylation sites (tertiary alicyclic amines) is 1. The molecule has 0 unspecified atom stereocenters. The predicted octanol–water partition coefficient (Wildman–Crippen LogP) is 6.51. The van der Waals surface area contributed by atoms with Gasteiger partial charge in [0.15, 0.2) is 11.6 Å². The summed E-state index contributed by atoms with van der Waals surface area (Å²) in [5.74, 6) is 0.895. The average Bonchev–Trinajstić information content (AvgIpc) is 3.35. The largest absolute Gasteiger partial charge is 0.453 e. The molecule has 1 aromatic carbocycles. The number of fused-ring (bicyclic) bond motifs is 1. The topological polar surface area (TPSA) is 81.3 Å². The first kappa shape index (κ1) is 26.0. The molecule has 0 atom stereocenters. The molecule has 4 heterocycles. The molecule has 4 aromatic rings. The number of aromatic nitrogens is 2. The number of rotatable bonds is 9. The van der Waals surface area contributed by atoms with E-state index in [1.54, 1.807) is 24.4 Å². The summed E-state index contributed by atoms with van der Waals surface area (Å²) in [7, 11) is 0. The summed E-state index contributed by atoms with van der Waals surface area (Å²) in [6.45, 7) is 2.93. The van der Waals surface area contributed by atoms with Gasteiger partial charge in [0.05, 0.1) is 20.8 Å². The Labute approximate surface area is 232 Å². The number of thiophene rings is 1. The van der Waals surface area contributed by atoms with Crippen LogP contribution in [-0.2, 0) is 17.8 Å². The van der Waals surface area contributed by atoms with Crippen LogP contribution >= 0.6 is 11.3 Å². The molecule has 2 fully saturated rings. The number of carbonyl (C=O) groups excluding carboxylic acids is 1. The van der Waals surface area contributed by atoms with Crippen molar-refractivity contribution in [2.75, 3.05) is 13.1 Å². The maximum absolute atomic E-state index is 15.0. The van der Waals surface area contributed by atoms with Crippen LogP contribution in [0.3, 0.4) is 0 Å². The van der Waals surface area contributed by atoms with E-state index >= 15 is 0 Å². The summed E-state index contributed by atoms with van der Waals surface area (Å²) in [6, 6.07) is 13.0. The smallest absolute Gasteiger partial charge is 0.166 e. The van der Waals surface area contributed by atoms with Gasteiger partial charge in [0.1, 0.15) is 11.5 Å². The van der Waals surface area contributed by atoms with E-state index < -0.39 is 5.82 Å². The highest BCUT2D eigenvalue weighted by atomic mass is 32.1. The third kappa shape index (κ3) is 6.19. The van der Waals surface area contributed by atoms with Crippen LogP contribution in [0.15, 0.2) is 54.9 Å². The number of nitrogens with two attached hydrogens (primary N) is 1. The first-order chi connectivity index (χ1) is 19.0. The fraction of sp³-hybridized carbons (Fsp3) is 0.387. The molecule has 3 aromatic heterocycles. The highest BCUT2D eigenvalue weighted by Crippen LogP contribution is 2.39. The van der Waals surface area contributed by atoms with Gasteiger partial charge in [0, 0.05) is 43.9 Å². The van der Waals surface area contributed by atoms with Crippen LogP contribution in [0.25, 0.3) is 20.8 Å². The van der Waals surface area contributed by atoms with Crippen LogP contribution in [0.2, 0.25) is 0 Å². The van der Waals surface area contributed by atoms with E-state index in [2.05, 4.69) is 16.0 Å². The molecular formula is C31H33FN4O2S. The SMILES string of the molecule is NC1CCN(Cc2ccc(-c3cc4nccc(Oc5ccc(CC(=O)CC6CCC6)cc5F)c4s3)nc2)CC1. The Morgan fingerprint density at radius 2 is 1.85 bits per heavy atom. The molecule has 6 nitrogen and oxygen atoms in total. The number of piperidine rings is 1. The van der Waals surface area contributed by atoms with Crippen LogP contribution in [0.1, 0.15) is 49.7 Å². The molecule has 6 rings (SSSR count). The van der Waals surface area contributed by atoms with Gasteiger partial charge in [-0.05, 0) is 67.2 Å². The molecule has 8 heteroatoms. The monoisotopic (exact) mass is 544 g/mol. The van der Waals surface area contributed by atoms with Crippen LogP contribution in [0.5, 0.6) is 11.5 Å². The van der Waals surface area contributed by atoms with E-state index in [0.29, 0.717) is 29.7 Å². The van der Waals surface area contributed by atoms with Crippen molar-refractivity contribution in [2.24, 2.45) is 11.7 Å². The van der Waals surface area contributed by atoms with Gasteiger partial charge in [-0.25, -0.2) is 4.39 Å². The minimum Gasteiger partial charge on any atom is -0.453 e. The van der Waals surface area contributed by atoms with E-state index in [-0.39, 0.29) is 18.0 Å². The molecule has 39 heavy (non-hydrogen) atoms. The fourth-order valence-corrected chi connectivity index (χ4v) is 6.37. The molecule has 0 spiro atoms. The van der Waals surface area contributed by atoms with E-state index in [9.17, 15) is 9.18 Å². The fourth-order valence-electron chi connectivity index (χ4n) is 5.33. The van der Waals surface area contributed by atoms with Crippen LogP contribution < -0.4 is 10.5 Å². The van der Waals surface area contributed by atoms with Crippen molar-refractivity contribution >= 4 is 27.3 Å². The lowest BCUT2D eigenvalue weighted by Crippen LogP contribution is -2.39. The predicted molar refractivity (Wildman–Crippen MR) is 152 cm³/mol. The maximum Gasteiger partial charge on any atom is 0.166 e. The highest BCUT2D eigenvalue weighted by molar-refractivity contribution is 7.22. The number of ketones is 1. The Balaban J connectivity index is 1.14. The number of Topliss-reactive ketones (excluding diaryl/α,β-unsaturated/α-hetero) is 1. The summed E-state index contributed by atoms with van der Waals surface area (Å²) in [5.41, 5.74) is 9.54. The first-order valence-electron chi connectivity index (χ1n) is 13.8. The molecular weight excluding hydrogens is 511 g/mol. The number of pyridine rings is 2. The maximum atomic E-state index is 15.0. The van der Waals surface area contributed by atoms with Crippen molar-refractivity contribution in [3.8, 4) is 22.1 Å². The van der Waals surface area contributed by atoms with Gasteiger partial charge in [-0.1, -0.05) is 31.4 Å². The van der Waals surface area contributed by atoms with E-state index in [1.807, 2.05) is 18.3 Å². The summed E-state index contributed by atoms with van der Waals surface area (Å²) >= 11 is 1.53. The molecule has 1 aliphatic carbocycles. The van der Waals surface area contributed by atoms with Gasteiger partial charge < -0.3 is 10.5 Å². The molecule has 1 aliphatic heterocycles. The van der Waals surface area contributed by atoms with Crippen molar-refractivity contribution < 1.29 is 13.9 Å². The van der Waals surface area contributed by atoms with Crippen LogP contribution in [-0.4, -0.2) is 39.8 Å². The quantitative estimate of drug-likeness (QED) is 0.259. The second kappa shape index (κ2) is 11.5. The minimum atomic E-state index is -0.473. The third-order valence-electron chi connectivity index (χ3n) is 7.85. The lowest BCUT2D eigenvalue weighted by molar-refractivity contribution is -0.119. The molecule has 0 radical (unpaired) electrons. The summed E-state index contributed by atoms with van der Waals surface area (Å²) in [4.78, 5) is 24.9. The molecule has 202 valence electrons. The molecule has 1 saturated carbocycles. The average molecular weight is 545 g/mol. The van der Waals surface area contributed by atoms with Crippen molar-refractivity contribution in [1.82, 2.24) is 14.9 Å². The van der Waals surface area contributed by atoms with Crippen molar-refractivity contribution in [2.45, 2.75) is 57.5 Å². The summed E-state index contributed by atoms with van der Waals surface area (Å²) in [5, 5.41) is 0. The molecule has 1 saturated heterocycles. The van der Waals surface area contributed by atoms with Gasteiger partial charge >= 0.3 is 0 Å². The lowest BCUT2D eigenvalue weighted by atomic mass is 9.81. The van der Waals surface area contributed by atoms with E-state index in [0.717, 1.165) is 66.1 Å². The zero-order valence-corrected chi connectivity index (χ0v) is 22.8. The number of ether oxygens (including phenoxy) is 1. The van der Waals surface area contributed by atoms with Gasteiger partial charge in [-0.2, -0.15) is 0 Å². The molecule has 0 bridgehead atoms. The van der Waals surface area contributed by atoms with Gasteiger partial charge in [-0.15, -0.1) is 11.3 Å². The van der Waals surface area contributed by atoms with Crippen molar-refractivity contribution in [3.05, 3.63) is 71.8 Å². The number of halogens is 1. The Bertz CT molecular complexity index is 1460. The number of hydrogen-bond acceptors (Lipinski definition) is 7. The van der Waals surface area contributed by atoms with Crippen LogP contribution in [0, 0.1) is 11.7 Å². The van der Waals surface area contributed by atoms with Gasteiger partial charge in [0.25, 0.3) is 0 Å². The zero-order chi connectivity index (χ0) is 26.8. The van der Waals surface area contributed by atoms with Gasteiger partial charge in [-0.3, -0.25) is 19.7 Å². The Morgan fingerprint density at radius 3 is 2.56 bits per heavy atom. The number of carbonyl (C=O) groups is 1. The van der Waals surface area contributed by atoms with Crippen molar-refractivity contribution in [3.63, 3.8) is 0 Å². The zero-order valence-electron chi connectivity index (χ0n) is 21.9. The number of hydrogen-bond donors (Lipinski definition) is 1. The van der Waals surface area contributed by atoms with E-state index in [1.165, 1.54) is 29.4 Å². The first-order valence-corrected chi connectivity index (χ1v) is 14.6. The minimum absolute atomic E-state index is 0.133. The Hall–Kier alpha value is -3.20. The third-order valence-corrected chi connectivity index (χ3v) is 9.01. The Morgan fingerprint density at radius 1 is 1.03 bits per heavy atom. The second-order valence-corrected chi connectivity index (χ2v) is 11.9. The summed E-state index contributed by atoms with van der Waals surface area (Å²) in [6.07, 6.45) is 10.0. The van der Waals surface area contributed by atoms with Crippen molar-refractivity contribution in [1.29, 1.82) is 0 Å². The highest BCUT2D eigenvalue weighted by Gasteiger charge is 2.21. The number of nitrogens with zero attached hydrogens (tertiary/aromatic N) is 3. The molecule has 0 amide bonds. The normalized spacial score (nSPS) is 16.9. The van der Waals surface area contributed by atoms with Crippen LogP contribution in [0.4, 0.5) is 4.39 Å². The van der Waals surface area contributed by atoms with Gasteiger partial charge in [0.2, 0.25) is 0 Å². The standard InChI is InChI=1S/C31H33FN4O2S/c32-25-16-21(15-24(37)14-20-2-1-3-20)5-7-28(25)38-29-8-11-34-27-17-30(39-31(27)29)26-6-4-22(18-35-26)19-36-12-9-23(33)10-13-36/h4-8,11,16-18,20,23H,1-3,9-10,12-15,19,33H2. The number of benzene rings is 1. The Kier molecular flexibility index (Phi) is 7.68. The summed E-state index contributed by atoms with van der Waals surface area (Å²) < 4.78 is 21.8. The second-order valence-electron chi connectivity index (χ2n) is 10.9. The van der Waals surface area contributed by atoms with E-state index in [4.69, 9.17) is 15.5 Å².